The molecule has 0 heterocycles. The molecule has 0 spiro atoms. The van der Waals surface area contributed by atoms with E-state index in [9.17, 15) is 18.0 Å². The van der Waals surface area contributed by atoms with Gasteiger partial charge in [-0.1, -0.05) is 51.1 Å². The van der Waals surface area contributed by atoms with E-state index in [-0.39, 0.29) is 18.9 Å². The van der Waals surface area contributed by atoms with Crippen molar-refractivity contribution in [3.8, 4) is 0 Å². The van der Waals surface area contributed by atoms with Crippen molar-refractivity contribution in [2.45, 2.75) is 26.9 Å². The van der Waals surface area contributed by atoms with Crippen molar-refractivity contribution in [2.75, 3.05) is 19.6 Å². The summed E-state index contributed by atoms with van der Waals surface area (Å²) in [6.45, 7) is 4.37. The summed E-state index contributed by atoms with van der Waals surface area (Å²) in [7, 11) is 0. The van der Waals surface area contributed by atoms with Crippen molar-refractivity contribution in [1.82, 2.24) is 4.90 Å². The van der Waals surface area contributed by atoms with Crippen molar-refractivity contribution in [1.29, 1.82) is 0 Å². The molecule has 0 atom stereocenters. The molecule has 0 bridgehead atoms. The highest BCUT2D eigenvalue weighted by Crippen LogP contribution is 2.25. The van der Waals surface area contributed by atoms with Gasteiger partial charge in [0, 0.05) is 17.5 Å². The van der Waals surface area contributed by atoms with Crippen LogP contribution >= 0.6 is 0 Å². The number of carbonyl (C=O) groups is 1. The predicted molar refractivity (Wildman–Crippen MR) is 72.7 cm³/mol. The van der Waals surface area contributed by atoms with Crippen LogP contribution in [0.25, 0.3) is 0 Å². The summed E-state index contributed by atoms with van der Waals surface area (Å²) in [5, 5.41) is 0. The third kappa shape index (κ3) is 4.96. The minimum Gasteiger partial charge on any atom is -0.294 e. The molecule has 112 valence electrons. The van der Waals surface area contributed by atoms with Crippen molar-refractivity contribution >= 4 is 5.78 Å². The number of alkyl halides is 3. The van der Waals surface area contributed by atoms with Crippen LogP contribution in [0.15, 0.2) is 30.3 Å². The molecular formula is C15H20F3NO. The molecule has 0 fully saturated rings. The first-order chi connectivity index (χ1) is 9.15. The molecule has 0 N–H and O–H groups in total. The van der Waals surface area contributed by atoms with E-state index in [1.165, 1.54) is 4.90 Å². The molecule has 1 aromatic carbocycles. The van der Waals surface area contributed by atoms with E-state index < -0.39 is 18.1 Å². The Labute approximate surface area is 117 Å². The zero-order chi connectivity index (χ0) is 15.4. The molecule has 0 unspecified atom stereocenters. The second-order valence-electron chi connectivity index (χ2n) is 5.50. The van der Waals surface area contributed by atoms with Crippen molar-refractivity contribution < 1.29 is 18.0 Å². The third-order valence-electron chi connectivity index (χ3n) is 3.12. The fourth-order valence-corrected chi connectivity index (χ4v) is 2.14. The van der Waals surface area contributed by atoms with Gasteiger partial charge in [0.05, 0.1) is 6.54 Å². The fraction of sp³-hybridized carbons (Fsp3) is 0.533. The van der Waals surface area contributed by atoms with Crippen LogP contribution in [0.3, 0.4) is 0 Å². The maximum atomic E-state index is 12.5. The molecular weight excluding hydrogens is 267 g/mol. The Balaban J connectivity index is 2.80. The van der Waals surface area contributed by atoms with Gasteiger partial charge in [0.1, 0.15) is 0 Å². The quantitative estimate of drug-likeness (QED) is 0.742. The molecule has 0 aliphatic rings. The Kier molecular flexibility index (Phi) is 5.34. The van der Waals surface area contributed by atoms with Gasteiger partial charge < -0.3 is 0 Å². The molecule has 1 aromatic rings. The van der Waals surface area contributed by atoms with Crippen LogP contribution in [0.4, 0.5) is 13.2 Å². The number of ketones is 1. The first kappa shape index (κ1) is 16.7. The molecule has 0 aromatic heterocycles. The average Bonchev–Trinajstić information content (AvgIpc) is 2.36. The second-order valence-corrected chi connectivity index (χ2v) is 5.50. The molecule has 0 saturated heterocycles. The molecule has 0 aliphatic carbocycles. The van der Waals surface area contributed by atoms with Gasteiger partial charge in [0.15, 0.2) is 5.78 Å². The van der Waals surface area contributed by atoms with E-state index in [2.05, 4.69) is 0 Å². The van der Waals surface area contributed by atoms with E-state index in [0.717, 1.165) is 0 Å². The third-order valence-corrected chi connectivity index (χ3v) is 3.12. The Morgan fingerprint density at radius 1 is 1.10 bits per heavy atom. The van der Waals surface area contributed by atoms with Crippen molar-refractivity contribution in [2.24, 2.45) is 5.41 Å². The van der Waals surface area contributed by atoms with Crippen molar-refractivity contribution in [3.05, 3.63) is 35.9 Å². The predicted octanol–water partition coefficient (Wildman–Crippen LogP) is 3.78. The Morgan fingerprint density at radius 3 is 2.10 bits per heavy atom. The monoisotopic (exact) mass is 287 g/mol. The zero-order valence-corrected chi connectivity index (χ0v) is 12.0. The van der Waals surface area contributed by atoms with E-state index in [1.807, 2.05) is 0 Å². The van der Waals surface area contributed by atoms with Crippen molar-refractivity contribution in [3.63, 3.8) is 0 Å². The minimum absolute atomic E-state index is 0.0801. The normalized spacial score (nSPS) is 12.8. The van der Waals surface area contributed by atoms with Gasteiger partial charge in [-0.15, -0.1) is 0 Å². The van der Waals surface area contributed by atoms with Gasteiger partial charge >= 0.3 is 6.18 Å². The lowest BCUT2D eigenvalue weighted by atomic mass is 9.83. The Bertz CT molecular complexity index is 440. The minimum atomic E-state index is -4.25. The summed E-state index contributed by atoms with van der Waals surface area (Å²) in [5.74, 6) is -0.140. The average molecular weight is 287 g/mol. The molecule has 5 heteroatoms. The van der Waals surface area contributed by atoms with E-state index >= 15 is 0 Å². The summed E-state index contributed by atoms with van der Waals surface area (Å²) in [6.07, 6.45) is -4.25. The van der Waals surface area contributed by atoms with Crippen LogP contribution in [0.1, 0.15) is 31.1 Å². The van der Waals surface area contributed by atoms with Crippen LogP contribution in [0, 0.1) is 5.41 Å². The molecule has 0 saturated carbocycles. The highest BCUT2D eigenvalue weighted by Gasteiger charge is 2.35. The summed E-state index contributed by atoms with van der Waals surface area (Å²) in [4.78, 5) is 13.6. The van der Waals surface area contributed by atoms with Gasteiger partial charge in [-0.05, 0) is 6.54 Å². The molecule has 0 aliphatic heterocycles. The lowest BCUT2D eigenvalue weighted by Crippen LogP contribution is -2.43. The van der Waals surface area contributed by atoms with Crippen LogP contribution in [-0.2, 0) is 0 Å². The number of halogens is 3. The maximum Gasteiger partial charge on any atom is 0.401 e. The highest BCUT2D eigenvalue weighted by atomic mass is 19.4. The molecule has 1 rings (SSSR count). The SMILES string of the molecule is CCN(CC(F)(F)F)CC(C)(C)C(=O)c1ccccc1. The lowest BCUT2D eigenvalue weighted by Gasteiger charge is -2.31. The van der Waals surface area contributed by atoms with E-state index in [1.54, 1.807) is 51.1 Å². The number of Topliss-reactive ketones (excluding diaryl/α,β-unsaturated/α-hetero) is 1. The molecule has 0 radical (unpaired) electrons. The number of rotatable bonds is 6. The lowest BCUT2D eigenvalue weighted by molar-refractivity contribution is -0.147. The number of nitrogens with zero attached hydrogens (tertiary/aromatic N) is 1. The van der Waals surface area contributed by atoms with E-state index in [4.69, 9.17) is 0 Å². The molecule has 2 nitrogen and oxygen atoms in total. The van der Waals surface area contributed by atoms with Crippen LogP contribution in [-0.4, -0.2) is 36.5 Å². The van der Waals surface area contributed by atoms with Gasteiger partial charge in [0.2, 0.25) is 0 Å². The fourth-order valence-electron chi connectivity index (χ4n) is 2.14. The van der Waals surface area contributed by atoms with Gasteiger partial charge in [-0.25, -0.2) is 0 Å². The summed E-state index contributed by atoms with van der Waals surface area (Å²) >= 11 is 0. The topological polar surface area (TPSA) is 20.3 Å². The van der Waals surface area contributed by atoms with Crippen LogP contribution in [0.2, 0.25) is 0 Å². The summed E-state index contributed by atoms with van der Waals surface area (Å²) < 4.78 is 37.4. The summed E-state index contributed by atoms with van der Waals surface area (Å²) in [5.41, 5.74) is -0.330. The first-order valence-corrected chi connectivity index (χ1v) is 6.54. The standard InChI is InChI=1S/C15H20F3NO/c1-4-19(11-15(16,17)18)10-14(2,3)13(20)12-8-6-5-7-9-12/h5-9H,4,10-11H2,1-3H3. The van der Waals surface area contributed by atoms with Crippen LogP contribution < -0.4 is 0 Å². The Morgan fingerprint density at radius 2 is 1.65 bits per heavy atom. The molecule has 20 heavy (non-hydrogen) atoms. The number of hydrogen-bond donors (Lipinski definition) is 0. The molecule has 0 amide bonds. The zero-order valence-electron chi connectivity index (χ0n) is 12.0. The largest absolute Gasteiger partial charge is 0.401 e. The number of benzene rings is 1. The number of carbonyl (C=O) groups excluding carboxylic acids is 1. The summed E-state index contributed by atoms with van der Waals surface area (Å²) in [6, 6.07) is 8.66. The Hall–Kier alpha value is -1.36. The van der Waals surface area contributed by atoms with E-state index in [0.29, 0.717) is 5.56 Å². The van der Waals surface area contributed by atoms with Crippen LogP contribution in [0.5, 0.6) is 0 Å². The number of hydrogen-bond acceptors (Lipinski definition) is 2. The van der Waals surface area contributed by atoms with Gasteiger partial charge in [-0.2, -0.15) is 13.2 Å². The highest BCUT2D eigenvalue weighted by molar-refractivity contribution is 6.00. The van der Waals surface area contributed by atoms with Gasteiger partial charge in [0.25, 0.3) is 0 Å². The van der Waals surface area contributed by atoms with Gasteiger partial charge in [-0.3, -0.25) is 9.69 Å². The first-order valence-electron chi connectivity index (χ1n) is 6.54. The smallest absolute Gasteiger partial charge is 0.294 e. The second kappa shape index (κ2) is 6.39. The maximum absolute atomic E-state index is 12.5.